The molecule has 0 aliphatic heterocycles. The number of rotatable bonds is 3. The highest BCUT2D eigenvalue weighted by Gasteiger charge is 2.19. The van der Waals surface area contributed by atoms with Crippen molar-refractivity contribution in [3.63, 3.8) is 0 Å². The van der Waals surface area contributed by atoms with Crippen LogP contribution < -0.4 is 11.1 Å². The quantitative estimate of drug-likeness (QED) is 0.815. The van der Waals surface area contributed by atoms with Crippen molar-refractivity contribution in [1.82, 2.24) is 9.13 Å². The fourth-order valence-electron chi connectivity index (χ4n) is 2.41. The van der Waals surface area contributed by atoms with Gasteiger partial charge in [-0.15, -0.1) is 0 Å². The predicted molar refractivity (Wildman–Crippen MR) is 78.7 cm³/mol. The maximum atomic E-state index is 12.2. The second kappa shape index (κ2) is 5.29. The average molecular weight is 291 g/mol. The van der Waals surface area contributed by atoms with E-state index in [0.717, 1.165) is 12.8 Å². The van der Waals surface area contributed by atoms with E-state index in [9.17, 15) is 9.59 Å². The van der Waals surface area contributed by atoms with Crippen molar-refractivity contribution < 1.29 is 0 Å². The number of halogens is 1. The second-order valence-corrected chi connectivity index (χ2v) is 5.64. The topological polar surface area (TPSA) is 44.0 Å². The maximum Gasteiger partial charge on any atom is 0.320 e. The molecule has 1 aliphatic carbocycles. The molecule has 1 aliphatic rings. The number of aromatic nitrogens is 2. The van der Waals surface area contributed by atoms with E-state index in [2.05, 4.69) is 0 Å². The Morgan fingerprint density at radius 2 is 1.75 bits per heavy atom. The van der Waals surface area contributed by atoms with Crippen LogP contribution in [0.1, 0.15) is 19.3 Å². The largest absolute Gasteiger partial charge is 0.320 e. The zero-order valence-electron chi connectivity index (χ0n) is 11.0. The summed E-state index contributed by atoms with van der Waals surface area (Å²) in [5.41, 5.74) is -0.337. The fourth-order valence-corrected chi connectivity index (χ4v) is 2.54. The third kappa shape index (κ3) is 2.43. The van der Waals surface area contributed by atoms with Crippen LogP contribution in [0.15, 0.2) is 46.2 Å². The van der Waals surface area contributed by atoms with Gasteiger partial charge in [-0.3, -0.25) is 14.2 Å². The van der Waals surface area contributed by atoms with E-state index in [1.165, 1.54) is 15.6 Å². The Hall–Kier alpha value is -1.81. The summed E-state index contributed by atoms with van der Waals surface area (Å²) in [5, 5.41) is 0.597. The highest BCUT2D eigenvalue weighted by Crippen LogP contribution is 2.27. The minimum absolute atomic E-state index is 0.464. The van der Waals surface area contributed by atoms with Gasteiger partial charge in [0.25, 0.3) is 0 Å². The lowest BCUT2D eigenvalue weighted by atomic mass is 9.85. The molecular weight excluding hydrogens is 276 g/mol. The van der Waals surface area contributed by atoms with Gasteiger partial charge >= 0.3 is 11.1 Å². The molecule has 0 spiro atoms. The molecular formula is C15H15ClN2O2. The zero-order chi connectivity index (χ0) is 14.1. The zero-order valence-corrected chi connectivity index (χ0v) is 11.7. The summed E-state index contributed by atoms with van der Waals surface area (Å²) in [4.78, 5) is 24.3. The Labute approximate surface area is 121 Å². The summed E-state index contributed by atoms with van der Waals surface area (Å²) in [5.74, 6) is 0.540. The van der Waals surface area contributed by atoms with Crippen molar-refractivity contribution >= 4 is 11.6 Å². The third-order valence-electron chi connectivity index (χ3n) is 3.84. The van der Waals surface area contributed by atoms with E-state index in [4.69, 9.17) is 11.6 Å². The van der Waals surface area contributed by atoms with Crippen LogP contribution in [-0.4, -0.2) is 9.13 Å². The lowest BCUT2D eigenvalue weighted by molar-refractivity contribution is 0.272. The molecule has 1 fully saturated rings. The van der Waals surface area contributed by atoms with Gasteiger partial charge < -0.3 is 4.57 Å². The summed E-state index contributed by atoms with van der Waals surface area (Å²) >= 11 is 5.82. The first-order valence-corrected chi connectivity index (χ1v) is 7.11. The number of hydrogen-bond donors (Lipinski definition) is 0. The van der Waals surface area contributed by atoms with Gasteiger partial charge in [-0.1, -0.05) is 18.0 Å². The van der Waals surface area contributed by atoms with Crippen molar-refractivity contribution in [1.29, 1.82) is 0 Å². The molecule has 20 heavy (non-hydrogen) atoms. The van der Waals surface area contributed by atoms with Gasteiger partial charge in [0.2, 0.25) is 0 Å². The van der Waals surface area contributed by atoms with Gasteiger partial charge in [-0.05, 0) is 43.0 Å². The molecule has 3 rings (SSSR count). The first kappa shape index (κ1) is 13.2. The van der Waals surface area contributed by atoms with Gasteiger partial charge in [0.1, 0.15) is 0 Å². The summed E-state index contributed by atoms with van der Waals surface area (Å²) in [6, 6.07) is 6.84. The van der Waals surface area contributed by atoms with Gasteiger partial charge in [0.05, 0.1) is 0 Å². The molecule has 1 aromatic carbocycles. The van der Waals surface area contributed by atoms with Crippen molar-refractivity contribution in [2.75, 3.05) is 0 Å². The highest BCUT2D eigenvalue weighted by molar-refractivity contribution is 6.30. The van der Waals surface area contributed by atoms with E-state index in [1.54, 1.807) is 36.7 Å². The third-order valence-corrected chi connectivity index (χ3v) is 4.09. The van der Waals surface area contributed by atoms with Crippen molar-refractivity contribution in [3.05, 3.63) is 62.4 Å². The van der Waals surface area contributed by atoms with Gasteiger partial charge in [0.15, 0.2) is 0 Å². The molecule has 0 unspecified atom stereocenters. The Kier molecular flexibility index (Phi) is 3.49. The summed E-state index contributed by atoms with van der Waals surface area (Å²) in [6.45, 7) is 0.648. The monoisotopic (exact) mass is 290 g/mol. The second-order valence-electron chi connectivity index (χ2n) is 5.20. The Morgan fingerprint density at radius 3 is 2.35 bits per heavy atom. The Bertz CT molecular complexity index is 727. The molecule has 0 atom stereocenters. The van der Waals surface area contributed by atoms with E-state index in [-0.39, 0.29) is 0 Å². The van der Waals surface area contributed by atoms with Gasteiger partial charge in [-0.2, -0.15) is 0 Å². The molecule has 2 aromatic rings. The van der Waals surface area contributed by atoms with Crippen LogP contribution in [0, 0.1) is 5.92 Å². The normalized spacial score (nSPS) is 15.1. The lowest BCUT2D eigenvalue weighted by Crippen LogP contribution is -2.41. The fraction of sp³-hybridized carbons (Fsp3) is 0.333. The molecule has 4 nitrogen and oxygen atoms in total. The summed E-state index contributed by atoms with van der Waals surface area (Å²) in [6.07, 6.45) is 6.85. The molecule has 0 radical (unpaired) electrons. The minimum Gasteiger partial charge on any atom is -0.309 e. The molecule has 1 heterocycles. The van der Waals surface area contributed by atoms with Crippen LogP contribution in [0.3, 0.4) is 0 Å². The van der Waals surface area contributed by atoms with Crippen LogP contribution in [-0.2, 0) is 6.54 Å². The van der Waals surface area contributed by atoms with Crippen LogP contribution in [0.5, 0.6) is 0 Å². The van der Waals surface area contributed by atoms with E-state index < -0.39 is 11.1 Å². The molecule has 0 N–H and O–H groups in total. The molecule has 104 valence electrons. The SMILES string of the molecule is O=c1c(=O)n(-c2ccc(Cl)cc2)ccn1CC1CCC1. The van der Waals surface area contributed by atoms with Crippen LogP contribution in [0.25, 0.3) is 5.69 Å². The van der Waals surface area contributed by atoms with E-state index >= 15 is 0 Å². The molecule has 5 heteroatoms. The van der Waals surface area contributed by atoms with Crippen LogP contribution >= 0.6 is 11.6 Å². The van der Waals surface area contributed by atoms with Crippen LogP contribution in [0.4, 0.5) is 0 Å². The first-order valence-electron chi connectivity index (χ1n) is 6.73. The highest BCUT2D eigenvalue weighted by atomic mass is 35.5. The number of hydrogen-bond acceptors (Lipinski definition) is 2. The van der Waals surface area contributed by atoms with Crippen molar-refractivity contribution in [2.45, 2.75) is 25.8 Å². The van der Waals surface area contributed by atoms with Crippen molar-refractivity contribution in [3.8, 4) is 5.69 Å². The predicted octanol–water partition coefficient (Wildman–Crippen LogP) is 2.45. The number of nitrogens with zero attached hydrogens (tertiary/aromatic N) is 2. The van der Waals surface area contributed by atoms with Gasteiger partial charge in [-0.25, -0.2) is 0 Å². The lowest BCUT2D eigenvalue weighted by Gasteiger charge is -2.25. The molecule has 1 saturated carbocycles. The van der Waals surface area contributed by atoms with Crippen molar-refractivity contribution in [2.24, 2.45) is 5.92 Å². The summed E-state index contributed by atoms with van der Waals surface area (Å²) in [7, 11) is 0. The summed E-state index contributed by atoms with van der Waals surface area (Å²) < 4.78 is 2.88. The minimum atomic E-state index is -0.519. The van der Waals surface area contributed by atoms with E-state index in [1.807, 2.05) is 0 Å². The number of benzene rings is 1. The average Bonchev–Trinajstić information content (AvgIpc) is 2.40. The molecule has 1 aromatic heterocycles. The molecule has 0 saturated heterocycles. The van der Waals surface area contributed by atoms with Gasteiger partial charge in [0, 0.05) is 29.6 Å². The smallest absolute Gasteiger partial charge is 0.309 e. The van der Waals surface area contributed by atoms with Crippen LogP contribution in [0.2, 0.25) is 5.02 Å². The molecule has 0 amide bonds. The van der Waals surface area contributed by atoms with E-state index in [0.29, 0.717) is 23.2 Å². The Morgan fingerprint density at radius 1 is 1.05 bits per heavy atom. The molecule has 0 bridgehead atoms. The Balaban J connectivity index is 1.97. The maximum absolute atomic E-state index is 12.2. The first-order chi connectivity index (χ1) is 9.65. The standard InChI is InChI=1S/C15H15ClN2O2/c16-12-4-6-13(7-5-12)18-9-8-17(14(19)15(18)20)10-11-2-1-3-11/h4-9,11H,1-3,10H2.